The number of sulfonamides is 1. The highest BCUT2D eigenvalue weighted by atomic mass is 35.5. The topological polar surface area (TPSA) is 75.7 Å². The van der Waals surface area contributed by atoms with Crippen LogP contribution in [0, 0.1) is 6.92 Å². The zero-order valence-corrected chi connectivity index (χ0v) is 14.3. The minimum atomic E-state index is -3.70. The zero-order valence-electron chi connectivity index (χ0n) is 12.7. The molecule has 1 N–H and O–H groups in total. The Bertz CT molecular complexity index is 626. The number of nitrogens with one attached hydrogen (secondary N) is 1. The van der Waals surface area contributed by atoms with Gasteiger partial charge in [-0.05, 0) is 32.0 Å². The lowest BCUT2D eigenvalue weighted by Crippen LogP contribution is -2.35. The van der Waals surface area contributed by atoms with Gasteiger partial charge in [0.25, 0.3) is 0 Å². The Morgan fingerprint density at radius 2 is 2.00 bits per heavy atom. The Morgan fingerprint density at radius 1 is 1.27 bits per heavy atom. The molecule has 0 unspecified atom stereocenters. The van der Waals surface area contributed by atoms with Crippen LogP contribution < -0.4 is 5.32 Å². The van der Waals surface area contributed by atoms with E-state index >= 15 is 0 Å². The number of carbonyl (C=O) groups is 1. The van der Waals surface area contributed by atoms with Gasteiger partial charge in [-0.1, -0.05) is 11.6 Å². The van der Waals surface area contributed by atoms with Crippen molar-refractivity contribution in [3.05, 3.63) is 29.3 Å². The highest BCUT2D eigenvalue weighted by Gasteiger charge is 2.29. The number of benzene rings is 1. The van der Waals surface area contributed by atoms with Crippen molar-refractivity contribution in [2.24, 2.45) is 0 Å². The zero-order chi connectivity index (χ0) is 15.5. The van der Waals surface area contributed by atoms with Crippen molar-refractivity contribution in [2.45, 2.75) is 18.2 Å². The van der Waals surface area contributed by atoms with E-state index in [2.05, 4.69) is 5.32 Å². The number of aryl methyl sites for hydroxylation is 1. The number of esters is 1. The first-order valence-corrected chi connectivity index (χ1v) is 8.30. The molecule has 0 aromatic heterocycles. The molecule has 1 aliphatic rings. The van der Waals surface area contributed by atoms with Crippen molar-refractivity contribution in [3.8, 4) is 0 Å². The van der Waals surface area contributed by atoms with Crippen molar-refractivity contribution >= 4 is 28.4 Å². The van der Waals surface area contributed by atoms with Gasteiger partial charge in [0.2, 0.25) is 10.0 Å². The maximum absolute atomic E-state index is 12.8. The van der Waals surface area contributed by atoms with Crippen LogP contribution in [-0.2, 0) is 14.8 Å². The van der Waals surface area contributed by atoms with Gasteiger partial charge in [0.15, 0.2) is 0 Å². The number of rotatable bonds is 3. The molecule has 22 heavy (non-hydrogen) atoms. The fourth-order valence-electron chi connectivity index (χ4n) is 2.34. The lowest BCUT2D eigenvalue weighted by molar-refractivity contribution is 0.0596. The first-order valence-electron chi connectivity index (χ1n) is 6.86. The van der Waals surface area contributed by atoms with Gasteiger partial charge in [0, 0.05) is 19.6 Å². The molecule has 0 spiro atoms. The Morgan fingerprint density at radius 3 is 2.68 bits per heavy atom. The molecule has 0 bridgehead atoms. The molecule has 124 valence electrons. The number of carbonyl (C=O) groups excluding carboxylic acids is 1. The largest absolute Gasteiger partial charge is 0.465 e. The third-order valence-electron chi connectivity index (χ3n) is 3.46. The Labute approximate surface area is 137 Å². The summed E-state index contributed by atoms with van der Waals surface area (Å²) < 4.78 is 31.7. The molecule has 1 saturated heterocycles. The molecule has 1 aliphatic heterocycles. The summed E-state index contributed by atoms with van der Waals surface area (Å²) in [5.41, 5.74) is 0.904. The van der Waals surface area contributed by atoms with E-state index in [1.54, 1.807) is 19.1 Å². The minimum absolute atomic E-state index is 0. The van der Waals surface area contributed by atoms with E-state index in [9.17, 15) is 13.2 Å². The van der Waals surface area contributed by atoms with Crippen LogP contribution in [0.3, 0.4) is 0 Å². The van der Waals surface area contributed by atoms with E-state index < -0.39 is 16.0 Å². The fourth-order valence-corrected chi connectivity index (χ4v) is 3.98. The number of nitrogens with zero attached hydrogens (tertiary/aromatic N) is 1. The monoisotopic (exact) mass is 348 g/mol. The summed E-state index contributed by atoms with van der Waals surface area (Å²) in [7, 11) is -2.45. The molecule has 1 heterocycles. The van der Waals surface area contributed by atoms with Crippen LogP contribution in [0.15, 0.2) is 23.1 Å². The minimum Gasteiger partial charge on any atom is -0.465 e. The molecule has 1 aromatic carbocycles. The number of halogens is 1. The van der Waals surface area contributed by atoms with Crippen LogP contribution in [0.1, 0.15) is 22.3 Å². The molecule has 2 rings (SSSR count). The molecule has 0 saturated carbocycles. The molecular weight excluding hydrogens is 328 g/mol. The number of hydrogen-bond donors (Lipinski definition) is 1. The first kappa shape index (κ1) is 18.9. The van der Waals surface area contributed by atoms with Crippen LogP contribution in [0.2, 0.25) is 0 Å². The average molecular weight is 349 g/mol. The van der Waals surface area contributed by atoms with Gasteiger partial charge in [-0.3, -0.25) is 0 Å². The lowest BCUT2D eigenvalue weighted by atomic mass is 10.1. The molecule has 0 atom stereocenters. The standard InChI is InChI=1S/C14H20N2O4S.ClH/c1-11-4-5-13(12(10-11)14(17)20-2)21(18,19)16-8-3-6-15-7-9-16;/h4-5,10,15H,3,6-9H2,1-2H3;1H. The highest BCUT2D eigenvalue weighted by molar-refractivity contribution is 7.89. The SMILES string of the molecule is COC(=O)c1cc(C)ccc1S(=O)(=O)N1CCCNCC1.Cl. The maximum atomic E-state index is 12.8. The quantitative estimate of drug-likeness (QED) is 0.830. The second kappa shape index (κ2) is 7.92. The second-order valence-electron chi connectivity index (χ2n) is 5.00. The van der Waals surface area contributed by atoms with E-state index in [0.29, 0.717) is 19.6 Å². The van der Waals surface area contributed by atoms with Crippen LogP contribution >= 0.6 is 12.4 Å². The van der Waals surface area contributed by atoms with E-state index in [4.69, 9.17) is 4.74 Å². The number of hydrogen-bond acceptors (Lipinski definition) is 5. The van der Waals surface area contributed by atoms with Crippen LogP contribution in [0.5, 0.6) is 0 Å². The third kappa shape index (κ3) is 3.98. The van der Waals surface area contributed by atoms with Gasteiger partial charge in [-0.15, -0.1) is 12.4 Å². The highest BCUT2D eigenvalue weighted by Crippen LogP contribution is 2.23. The summed E-state index contributed by atoms with van der Waals surface area (Å²) in [6, 6.07) is 4.72. The Balaban J connectivity index is 0.00000242. The van der Waals surface area contributed by atoms with Crippen LogP contribution in [0.4, 0.5) is 0 Å². The van der Waals surface area contributed by atoms with Crippen molar-refractivity contribution in [1.29, 1.82) is 0 Å². The molecule has 6 nitrogen and oxygen atoms in total. The van der Waals surface area contributed by atoms with Gasteiger partial charge in [0.05, 0.1) is 17.6 Å². The van der Waals surface area contributed by atoms with E-state index in [0.717, 1.165) is 18.5 Å². The fraction of sp³-hybridized carbons (Fsp3) is 0.500. The molecular formula is C14H21ClN2O4S. The van der Waals surface area contributed by atoms with Gasteiger partial charge < -0.3 is 10.1 Å². The molecule has 1 fully saturated rings. The van der Waals surface area contributed by atoms with Crippen molar-refractivity contribution in [3.63, 3.8) is 0 Å². The normalized spacial score (nSPS) is 16.5. The predicted molar refractivity (Wildman–Crippen MR) is 86.0 cm³/mol. The van der Waals surface area contributed by atoms with Gasteiger partial charge in [-0.2, -0.15) is 4.31 Å². The third-order valence-corrected chi connectivity index (χ3v) is 5.41. The smallest absolute Gasteiger partial charge is 0.339 e. The summed E-state index contributed by atoms with van der Waals surface area (Å²) in [6.45, 7) is 4.06. The molecule has 0 aliphatic carbocycles. The van der Waals surface area contributed by atoms with E-state index in [-0.39, 0.29) is 22.9 Å². The second-order valence-corrected chi connectivity index (χ2v) is 6.91. The van der Waals surface area contributed by atoms with Crippen molar-refractivity contribution in [2.75, 3.05) is 33.3 Å². The van der Waals surface area contributed by atoms with E-state index in [1.165, 1.54) is 17.5 Å². The summed E-state index contributed by atoms with van der Waals surface area (Å²) in [4.78, 5) is 11.9. The molecule has 0 radical (unpaired) electrons. The van der Waals surface area contributed by atoms with E-state index in [1.807, 2.05) is 0 Å². The maximum Gasteiger partial charge on any atom is 0.339 e. The van der Waals surface area contributed by atoms with Gasteiger partial charge in [0.1, 0.15) is 0 Å². The van der Waals surface area contributed by atoms with Crippen molar-refractivity contribution in [1.82, 2.24) is 9.62 Å². The summed E-state index contributed by atoms with van der Waals surface area (Å²) in [5.74, 6) is -0.634. The number of methoxy groups -OCH3 is 1. The first-order chi connectivity index (χ1) is 9.96. The molecule has 1 aromatic rings. The molecule has 0 amide bonds. The Kier molecular flexibility index (Phi) is 6.80. The van der Waals surface area contributed by atoms with Gasteiger partial charge in [-0.25, -0.2) is 13.2 Å². The number of ether oxygens (including phenoxy) is 1. The lowest BCUT2D eigenvalue weighted by Gasteiger charge is -2.21. The molecule has 8 heteroatoms. The van der Waals surface area contributed by atoms with Gasteiger partial charge >= 0.3 is 5.97 Å². The summed E-state index contributed by atoms with van der Waals surface area (Å²) >= 11 is 0. The van der Waals surface area contributed by atoms with Crippen molar-refractivity contribution < 1.29 is 17.9 Å². The van der Waals surface area contributed by atoms with Crippen LogP contribution in [-0.4, -0.2) is 52.0 Å². The average Bonchev–Trinajstić information content (AvgIpc) is 2.75. The Hall–Kier alpha value is -1.15. The summed E-state index contributed by atoms with van der Waals surface area (Å²) in [5, 5.41) is 3.16. The predicted octanol–water partition coefficient (Wildman–Crippen LogP) is 1.19. The summed E-state index contributed by atoms with van der Waals surface area (Å²) in [6.07, 6.45) is 0.749. The van der Waals surface area contributed by atoms with Crippen LogP contribution in [0.25, 0.3) is 0 Å².